The van der Waals surface area contributed by atoms with E-state index in [0.717, 1.165) is 0 Å². The maximum absolute atomic E-state index is 12.5. The van der Waals surface area contributed by atoms with E-state index < -0.39 is 22.1 Å². The summed E-state index contributed by atoms with van der Waals surface area (Å²) in [4.78, 5) is 25.2. The number of hydrogen-bond acceptors (Lipinski definition) is 6. The predicted octanol–water partition coefficient (Wildman–Crippen LogP) is 2.52. The first-order chi connectivity index (χ1) is 13.6. The number of sulfonamides is 1. The Bertz CT molecular complexity index is 953. The Hall–Kier alpha value is -3.07. The highest BCUT2D eigenvalue weighted by molar-refractivity contribution is 7.92. The van der Waals surface area contributed by atoms with Crippen molar-refractivity contribution in [1.82, 2.24) is 4.90 Å². The van der Waals surface area contributed by atoms with Crippen LogP contribution >= 0.6 is 0 Å². The van der Waals surface area contributed by atoms with E-state index in [0.29, 0.717) is 18.0 Å². The molecule has 0 aromatic heterocycles. The number of carbonyl (C=O) groups is 2. The first-order valence-corrected chi connectivity index (χ1v) is 10.4. The number of amides is 1. The van der Waals surface area contributed by atoms with Crippen molar-refractivity contribution >= 4 is 27.6 Å². The van der Waals surface area contributed by atoms with Gasteiger partial charge in [-0.15, -0.1) is 0 Å². The van der Waals surface area contributed by atoms with Gasteiger partial charge in [0.1, 0.15) is 5.75 Å². The van der Waals surface area contributed by atoms with Crippen LogP contribution in [-0.2, 0) is 19.6 Å². The van der Waals surface area contributed by atoms with Crippen molar-refractivity contribution in [2.45, 2.75) is 24.8 Å². The Balaban J connectivity index is 2.07. The summed E-state index contributed by atoms with van der Waals surface area (Å²) in [5, 5.41) is 0. The summed E-state index contributed by atoms with van der Waals surface area (Å²) >= 11 is 0. The highest BCUT2D eigenvalue weighted by Gasteiger charge is 2.21. The smallest absolute Gasteiger partial charge is 0.338 e. The number of hydrogen-bond donors (Lipinski definition) is 1. The lowest BCUT2D eigenvalue weighted by molar-refractivity contribution is -0.137. The molecule has 1 N–H and O–H groups in total. The maximum Gasteiger partial charge on any atom is 0.338 e. The van der Waals surface area contributed by atoms with Gasteiger partial charge in [0.25, 0.3) is 15.9 Å². The first kappa shape index (κ1) is 22.2. The second-order valence-electron chi connectivity index (χ2n) is 6.37. The molecule has 0 bridgehead atoms. The summed E-state index contributed by atoms with van der Waals surface area (Å²) in [7, 11) is -0.714. The van der Waals surface area contributed by atoms with Gasteiger partial charge >= 0.3 is 5.97 Å². The zero-order chi connectivity index (χ0) is 21.6. The average Bonchev–Trinajstić information content (AvgIpc) is 2.68. The van der Waals surface area contributed by atoms with Gasteiger partial charge < -0.3 is 14.4 Å². The van der Waals surface area contributed by atoms with Crippen molar-refractivity contribution in [3.63, 3.8) is 0 Å². The Kier molecular flexibility index (Phi) is 7.22. The Labute approximate surface area is 170 Å². The quantitative estimate of drug-likeness (QED) is 0.659. The third-order valence-electron chi connectivity index (χ3n) is 3.89. The number of likely N-dealkylation sites (N-methyl/N-ethyl adjacent to an activating group) is 1. The van der Waals surface area contributed by atoms with E-state index in [1.165, 1.54) is 36.1 Å². The van der Waals surface area contributed by atoms with Gasteiger partial charge in [-0.2, -0.15) is 0 Å². The number of rotatable bonds is 8. The maximum atomic E-state index is 12.5. The number of ether oxygens (including phenoxy) is 2. The Morgan fingerprint density at radius 2 is 1.62 bits per heavy atom. The summed E-state index contributed by atoms with van der Waals surface area (Å²) in [6, 6.07) is 11.8. The molecule has 29 heavy (non-hydrogen) atoms. The third kappa shape index (κ3) is 5.95. The van der Waals surface area contributed by atoms with Gasteiger partial charge in [-0.3, -0.25) is 9.52 Å². The Morgan fingerprint density at radius 3 is 2.14 bits per heavy atom. The highest BCUT2D eigenvalue weighted by Crippen LogP contribution is 2.20. The minimum Gasteiger partial charge on any atom is -0.494 e. The van der Waals surface area contributed by atoms with Gasteiger partial charge in [-0.05, 0) is 62.4 Å². The largest absolute Gasteiger partial charge is 0.494 e. The lowest BCUT2D eigenvalue weighted by Gasteiger charge is -2.17. The normalized spacial score (nSPS) is 12.0. The van der Waals surface area contributed by atoms with Crippen LogP contribution in [0, 0.1) is 0 Å². The molecule has 0 unspecified atom stereocenters. The summed E-state index contributed by atoms with van der Waals surface area (Å²) in [6.07, 6.45) is -0.942. The molecule has 1 amide bonds. The van der Waals surface area contributed by atoms with Crippen molar-refractivity contribution in [2.75, 3.05) is 25.4 Å². The van der Waals surface area contributed by atoms with Crippen LogP contribution in [0.2, 0.25) is 0 Å². The molecule has 0 aliphatic heterocycles. The second-order valence-corrected chi connectivity index (χ2v) is 8.05. The van der Waals surface area contributed by atoms with Crippen molar-refractivity contribution < 1.29 is 27.5 Å². The van der Waals surface area contributed by atoms with E-state index in [-0.39, 0.29) is 16.4 Å². The molecule has 156 valence electrons. The number of nitrogens with one attached hydrogen (secondary N) is 1. The summed E-state index contributed by atoms with van der Waals surface area (Å²) in [5.74, 6) is -0.423. The molecule has 2 aromatic carbocycles. The van der Waals surface area contributed by atoms with E-state index in [4.69, 9.17) is 9.47 Å². The fourth-order valence-corrected chi connectivity index (χ4v) is 3.47. The molecule has 2 aromatic rings. The van der Waals surface area contributed by atoms with Gasteiger partial charge in [0.05, 0.1) is 17.1 Å². The molecular formula is C20H24N2O6S. The standard InChI is InChI=1S/C20H24N2O6S/c1-5-27-17-10-8-16(9-11-17)21-29(25,26)18-12-6-15(7-13-18)20(24)28-14(2)19(23)22(3)4/h6-14,21H,5H2,1-4H3/t14-/m0/s1. The second kappa shape index (κ2) is 9.42. The molecule has 1 atom stereocenters. The first-order valence-electron chi connectivity index (χ1n) is 8.92. The number of carbonyl (C=O) groups excluding carboxylic acids is 2. The Morgan fingerprint density at radius 1 is 1.03 bits per heavy atom. The minimum atomic E-state index is -3.83. The summed E-state index contributed by atoms with van der Waals surface area (Å²) in [6.45, 7) is 3.85. The SMILES string of the molecule is CCOc1ccc(NS(=O)(=O)c2ccc(C(=O)O[C@@H](C)C(=O)N(C)C)cc2)cc1. The fraction of sp³-hybridized carbons (Fsp3) is 0.300. The molecule has 0 aliphatic rings. The number of benzene rings is 2. The van der Waals surface area contributed by atoms with Crippen LogP contribution in [0.4, 0.5) is 5.69 Å². The molecule has 0 spiro atoms. The predicted molar refractivity (Wildman–Crippen MR) is 108 cm³/mol. The number of anilines is 1. The molecule has 8 nitrogen and oxygen atoms in total. The monoisotopic (exact) mass is 420 g/mol. The molecule has 0 saturated carbocycles. The lowest BCUT2D eigenvalue weighted by atomic mass is 10.2. The summed E-state index contributed by atoms with van der Waals surface area (Å²) < 4.78 is 37.9. The number of nitrogens with zero attached hydrogens (tertiary/aromatic N) is 1. The van der Waals surface area contributed by atoms with E-state index in [1.54, 1.807) is 38.4 Å². The van der Waals surface area contributed by atoms with Crippen molar-refractivity contribution in [1.29, 1.82) is 0 Å². The van der Waals surface area contributed by atoms with Crippen LogP contribution in [0.25, 0.3) is 0 Å². The van der Waals surface area contributed by atoms with Gasteiger partial charge in [-0.25, -0.2) is 13.2 Å². The molecule has 0 aliphatic carbocycles. The van der Waals surface area contributed by atoms with Crippen LogP contribution in [0.3, 0.4) is 0 Å². The van der Waals surface area contributed by atoms with Gasteiger partial charge in [0, 0.05) is 19.8 Å². The van der Waals surface area contributed by atoms with E-state index in [9.17, 15) is 18.0 Å². The van der Waals surface area contributed by atoms with E-state index in [2.05, 4.69) is 4.72 Å². The van der Waals surface area contributed by atoms with Gasteiger partial charge in [0.2, 0.25) is 0 Å². The summed E-state index contributed by atoms with van der Waals surface area (Å²) in [5.41, 5.74) is 0.524. The molecule has 2 rings (SSSR count). The van der Waals surface area contributed by atoms with Crippen molar-refractivity contribution in [3.8, 4) is 5.75 Å². The van der Waals surface area contributed by atoms with E-state index in [1.807, 2.05) is 6.92 Å². The van der Waals surface area contributed by atoms with Gasteiger partial charge in [0.15, 0.2) is 6.10 Å². The molecule has 9 heteroatoms. The molecule has 0 saturated heterocycles. The van der Waals surface area contributed by atoms with Crippen LogP contribution < -0.4 is 9.46 Å². The minimum absolute atomic E-state index is 0.0136. The zero-order valence-corrected chi connectivity index (χ0v) is 17.5. The molecular weight excluding hydrogens is 396 g/mol. The molecule has 0 heterocycles. The average molecular weight is 420 g/mol. The molecule has 0 fully saturated rings. The van der Waals surface area contributed by atoms with Gasteiger partial charge in [-0.1, -0.05) is 0 Å². The molecule has 0 radical (unpaired) electrons. The van der Waals surface area contributed by atoms with Crippen molar-refractivity contribution in [3.05, 3.63) is 54.1 Å². The third-order valence-corrected chi connectivity index (χ3v) is 5.29. The van der Waals surface area contributed by atoms with E-state index >= 15 is 0 Å². The van der Waals surface area contributed by atoms with Crippen LogP contribution in [0.5, 0.6) is 5.75 Å². The highest BCUT2D eigenvalue weighted by atomic mass is 32.2. The van der Waals surface area contributed by atoms with Crippen LogP contribution in [-0.4, -0.2) is 52.0 Å². The lowest BCUT2D eigenvalue weighted by Crippen LogP contribution is -2.34. The van der Waals surface area contributed by atoms with Crippen LogP contribution in [0.15, 0.2) is 53.4 Å². The topological polar surface area (TPSA) is 102 Å². The van der Waals surface area contributed by atoms with Crippen molar-refractivity contribution in [2.24, 2.45) is 0 Å². The fourth-order valence-electron chi connectivity index (χ4n) is 2.41. The zero-order valence-electron chi connectivity index (χ0n) is 16.7. The van der Waals surface area contributed by atoms with Crippen LogP contribution in [0.1, 0.15) is 24.2 Å². The number of esters is 1.